The molecule has 1 amide bonds. The van der Waals surface area contributed by atoms with Gasteiger partial charge in [0, 0.05) is 10.5 Å². The van der Waals surface area contributed by atoms with E-state index in [-0.39, 0.29) is 12.6 Å². The molecule has 2 aliphatic heterocycles. The number of thioether (sulfide) groups is 1. The van der Waals surface area contributed by atoms with E-state index in [9.17, 15) is 10.1 Å². The van der Waals surface area contributed by atoms with Crippen LogP contribution < -0.4 is 5.32 Å². The molecule has 0 aromatic heterocycles. The smallest absolute Gasteiger partial charge is 0.255 e. The van der Waals surface area contributed by atoms with Crippen molar-refractivity contribution in [2.24, 2.45) is 5.10 Å². The molecular formula is C20H12Cl2N4OS. The molecule has 0 saturated carbocycles. The van der Waals surface area contributed by atoms with Gasteiger partial charge in [-0.1, -0.05) is 53.2 Å². The number of rotatable bonds is 2. The van der Waals surface area contributed by atoms with Crippen LogP contribution >= 0.6 is 35.0 Å². The fourth-order valence-corrected chi connectivity index (χ4v) is 4.38. The van der Waals surface area contributed by atoms with Gasteiger partial charge >= 0.3 is 0 Å². The Kier molecular flexibility index (Phi) is 5.14. The summed E-state index contributed by atoms with van der Waals surface area (Å²) < 4.78 is 0. The lowest BCUT2D eigenvalue weighted by atomic mass is 10.0. The molecular weight excluding hydrogens is 415 g/mol. The lowest BCUT2D eigenvalue weighted by Crippen LogP contribution is -2.42. The van der Waals surface area contributed by atoms with Gasteiger partial charge in [-0.2, -0.15) is 10.4 Å². The summed E-state index contributed by atoms with van der Waals surface area (Å²) in [5.41, 5.74) is 2.06. The van der Waals surface area contributed by atoms with Gasteiger partial charge < -0.3 is 5.32 Å². The molecule has 1 N–H and O–H groups in total. The first-order valence-corrected chi connectivity index (χ1v) is 9.84. The molecule has 4 rings (SSSR count). The number of halogens is 2. The minimum atomic E-state index is -0.257. The van der Waals surface area contributed by atoms with E-state index in [1.807, 2.05) is 30.4 Å². The van der Waals surface area contributed by atoms with E-state index < -0.39 is 0 Å². The molecule has 0 radical (unpaired) electrons. The van der Waals surface area contributed by atoms with E-state index in [1.165, 1.54) is 11.8 Å². The van der Waals surface area contributed by atoms with Crippen LogP contribution in [0.2, 0.25) is 10.0 Å². The Hall–Kier alpha value is -2.72. The van der Waals surface area contributed by atoms with Gasteiger partial charge in [-0.05, 0) is 36.4 Å². The number of nitrogens with zero attached hydrogens (tertiary/aromatic N) is 3. The Morgan fingerprint density at radius 3 is 2.61 bits per heavy atom. The summed E-state index contributed by atoms with van der Waals surface area (Å²) in [6.45, 7) is 0.230. The Morgan fingerprint density at radius 1 is 1.11 bits per heavy atom. The fourth-order valence-electron chi connectivity index (χ4n) is 2.92. The number of allylic oxidation sites excluding steroid dienone is 1. The molecule has 0 aliphatic carbocycles. The summed E-state index contributed by atoms with van der Waals surface area (Å²) in [5.74, 6) is -0.257. The monoisotopic (exact) mass is 426 g/mol. The van der Waals surface area contributed by atoms with E-state index in [4.69, 9.17) is 23.2 Å². The lowest BCUT2D eigenvalue weighted by Gasteiger charge is -2.31. The first-order chi connectivity index (χ1) is 13.6. The number of nitrogens with one attached hydrogen (secondary N) is 1. The van der Waals surface area contributed by atoms with Crippen LogP contribution in [0, 0.1) is 11.3 Å². The highest BCUT2D eigenvalue weighted by molar-refractivity contribution is 8.14. The third-order valence-corrected chi connectivity index (χ3v) is 5.82. The van der Waals surface area contributed by atoms with Gasteiger partial charge in [0.15, 0.2) is 0 Å². The van der Waals surface area contributed by atoms with Crippen LogP contribution in [-0.2, 0) is 4.79 Å². The maximum Gasteiger partial charge on any atom is 0.255 e. The van der Waals surface area contributed by atoms with Crippen LogP contribution in [0.5, 0.6) is 0 Å². The first-order valence-electron chi connectivity index (χ1n) is 8.26. The molecule has 0 saturated heterocycles. The van der Waals surface area contributed by atoms with Gasteiger partial charge in [-0.25, -0.2) is 5.01 Å². The molecule has 5 nitrogen and oxygen atoms in total. The third-order valence-electron chi connectivity index (χ3n) is 4.19. The van der Waals surface area contributed by atoms with Crippen LogP contribution in [0.1, 0.15) is 11.1 Å². The van der Waals surface area contributed by atoms with E-state index in [2.05, 4.69) is 16.5 Å². The second-order valence-electron chi connectivity index (χ2n) is 5.90. The van der Waals surface area contributed by atoms with Crippen molar-refractivity contribution < 1.29 is 4.79 Å². The van der Waals surface area contributed by atoms with Crippen molar-refractivity contribution in [3.8, 4) is 6.07 Å². The van der Waals surface area contributed by atoms with Crippen molar-refractivity contribution >= 4 is 51.5 Å². The molecule has 0 bridgehead atoms. The Morgan fingerprint density at radius 2 is 1.86 bits per heavy atom. The largest absolute Gasteiger partial charge is 0.333 e. The van der Waals surface area contributed by atoms with Crippen LogP contribution in [0.25, 0.3) is 5.57 Å². The number of benzene rings is 2. The van der Waals surface area contributed by atoms with Gasteiger partial charge in [-0.15, -0.1) is 0 Å². The van der Waals surface area contributed by atoms with Gasteiger partial charge in [-0.3, -0.25) is 4.79 Å². The number of hydrazone groups is 1. The third kappa shape index (κ3) is 3.40. The molecule has 138 valence electrons. The normalized spacial score (nSPS) is 15.7. The topological polar surface area (TPSA) is 68.5 Å². The summed E-state index contributed by atoms with van der Waals surface area (Å²) in [5, 5.41) is 19.8. The second kappa shape index (κ2) is 7.72. The average Bonchev–Trinajstić information content (AvgIpc) is 2.70. The Balaban J connectivity index is 1.73. The standard InChI is InChI=1S/C20H12Cl2N4OS/c21-13-5-3-6-14(22)18(13)19-15-8-9-17(25-26(15)11-24-20(19)27)28-16-7-2-1-4-12(16)10-23/h1-9H,11H2,(H,24,27). The van der Waals surface area contributed by atoms with Crippen LogP contribution in [-0.4, -0.2) is 22.6 Å². The number of carbonyl (C=O) groups excluding carboxylic acids is 1. The van der Waals surface area contributed by atoms with Gasteiger partial charge in [0.05, 0.1) is 26.9 Å². The maximum atomic E-state index is 12.6. The number of hydrogen-bond acceptors (Lipinski definition) is 5. The summed E-state index contributed by atoms with van der Waals surface area (Å²) in [4.78, 5) is 13.4. The minimum absolute atomic E-state index is 0.230. The predicted octanol–water partition coefficient (Wildman–Crippen LogP) is 4.64. The zero-order valence-corrected chi connectivity index (χ0v) is 16.6. The zero-order chi connectivity index (χ0) is 19.7. The van der Waals surface area contributed by atoms with Gasteiger partial charge in [0.2, 0.25) is 0 Å². The molecule has 2 heterocycles. The number of amides is 1. The molecule has 8 heteroatoms. The van der Waals surface area contributed by atoms with Crippen LogP contribution in [0.3, 0.4) is 0 Å². The predicted molar refractivity (Wildman–Crippen MR) is 112 cm³/mol. The van der Waals surface area contributed by atoms with Crippen LogP contribution in [0.4, 0.5) is 0 Å². The molecule has 2 aromatic carbocycles. The highest BCUT2D eigenvalue weighted by Crippen LogP contribution is 2.37. The molecule has 28 heavy (non-hydrogen) atoms. The summed E-state index contributed by atoms with van der Waals surface area (Å²) in [6, 6.07) is 14.6. The Bertz CT molecular complexity index is 1100. The fraction of sp³-hybridized carbons (Fsp3) is 0.0500. The minimum Gasteiger partial charge on any atom is -0.333 e. The number of carbonyl (C=O) groups is 1. The highest BCUT2D eigenvalue weighted by Gasteiger charge is 2.30. The van der Waals surface area contributed by atoms with Crippen LogP contribution in [0.15, 0.2) is 70.3 Å². The second-order valence-corrected chi connectivity index (χ2v) is 7.78. The average molecular weight is 427 g/mol. The van der Waals surface area contributed by atoms with Crippen molar-refractivity contribution in [1.29, 1.82) is 5.26 Å². The van der Waals surface area contributed by atoms with Crippen molar-refractivity contribution in [3.05, 3.63) is 81.5 Å². The zero-order valence-electron chi connectivity index (χ0n) is 14.3. The number of fused-ring (bicyclic) bond motifs is 1. The summed E-state index contributed by atoms with van der Waals surface area (Å²) >= 11 is 14.0. The number of nitriles is 1. The summed E-state index contributed by atoms with van der Waals surface area (Å²) in [7, 11) is 0. The van der Waals surface area contributed by atoms with Crippen molar-refractivity contribution in [3.63, 3.8) is 0 Å². The van der Waals surface area contributed by atoms with E-state index in [0.29, 0.717) is 37.5 Å². The molecule has 2 aromatic rings. The lowest BCUT2D eigenvalue weighted by molar-refractivity contribution is -0.116. The van der Waals surface area contributed by atoms with Crippen molar-refractivity contribution in [2.45, 2.75) is 4.90 Å². The van der Waals surface area contributed by atoms with E-state index in [0.717, 1.165) is 4.90 Å². The quantitative estimate of drug-likeness (QED) is 0.758. The SMILES string of the molecule is N#Cc1ccccc1SC1=NN2CNC(=O)C(c3c(Cl)cccc3Cl)=C2C=C1. The van der Waals surface area contributed by atoms with Gasteiger partial charge in [0.1, 0.15) is 17.8 Å². The van der Waals surface area contributed by atoms with Crippen molar-refractivity contribution in [1.82, 2.24) is 10.3 Å². The van der Waals surface area contributed by atoms with Crippen molar-refractivity contribution in [2.75, 3.05) is 6.67 Å². The molecule has 0 spiro atoms. The van der Waals surface area contributed by atoms with Gasteiger partial charge in [0.25, 0.3) is 5.91 Å². The molecule has 2 aliphatic rings. The van der Waals surface area contributed by atoms with E-state index in [1.54, 1.807) is 29.3 Å². The molecule has 0 fully saturated rings. The first kappa shape index (κ1) is 18.6. The van der Waals surface area contributed by atoms with E-state index >= 15 is 0 Å². The molecule has 0 atom stereocenters. The maximum absolute atomic E-state index is 12.6. The Labute approximate surface area is 175 Å². The number of hydrogen-bond donors (Lipinski definition) is 1. The highest BCUT2D eigenvalue weighted by atomic mass is 35.5. The molecule has 0 unspecified atom stereocenters. The summed E-state index contributed by atoms with van der Waals surface area (Å²) in [6.07, 6.45) is 3.63.